The summed E-state index contributed by atoms with van der Waals surface area (Å²) in [6.07, 6.45) is 4.73. The van der Waals surface area contributed by atoms with Gasteiger partial charge in [0.2, 0.25) is 0 Å². The highest BCUT2D eigenvalue weighted by Gasteiger charge is 2.04. The van der Waals surface area contributed by atoms with Crippen LogP contribution in [0, 0.1) is 0 Å². The van der Waals surface area contributed by atoms with Gasteiger partial charge in [-0.15, -0.1) is 0 Å². The number of aromatic amines is 2. The summed E-state index contributed by atoms with van der Waals surface area (Å²) in [5, 5.41) is 0.290. The second-order valence-corrected chi connectivity index (χ2v) is 6.60. The molecule has 2 heterocycles. The fraction of sp³-hybridized carbons (Fsp3) is 0.0417. The zero-order valence-corrected chi connectivity index (χ0v) is 16.0. The maximum absolute atomic E-state index is 12.5. The number of pyridine rings is 1. The molecule has 0 radical (unpaired) electrons. The van der Waals surface area contributed by atoms with Crippen molar-refractivity contribution in [1.29, 1.82) is 0 Å². The van der Waals surface area contributed by atoms with E-state index in [0.29, 0.717) is 18.1 Å². The molecule has 0 atom stereocenters. The average molecular weight is 397 g/mol. The maximum atomic E-state index is 12.5. The standard InChI is InChI=1S/C24H19N3O3/c28-23-20(14-17-8-3-1-4-9-17)26-24(29)21(27-23)15-19-22(12-7-13-25-19)30-16-18-10-5-2-6-11-18/h1-15H,16H2,(H,26,29)(H,27,28)/b20-14-,21-15-. The van der Waals surface area contributed by atoms with E-state index in [0.717, 1.165) is 11.1 Å². The number of hydrogen-bond donors (Lipinski definition) is 2. The molecule has 4 aromatic rings. The van der Waals surface area contributed by atoms with Crippen LogP contribution in [0.25, 0.3) is 12.2 Å². The Morgan fingerprint density at radius 3 is 2.10 bits per heavy atom. The first kappa shape index (κ1) is 19.1. The molecule has 0 saturated heterocycles. The molecule has 0 bridgehead atoms. The Morgan fingerprint density at radius 2 is 1.40 bits per heavy atom. The van der Waals surface area contributed by atoms with Gasteiger partial charge in [0.15, 0.2) is 0 Å². The van der Waals surface area contributed by atoms with Crippen LogP contribution >= 0.6 is 0 Å². The first-order valence-corrected chi connectivity index (χ1v) is 9.42. The van der Waals surface area contributed by atoms with E-state index in [1.54, 1.807) is 24.4 Å². The minimum absolute atomic E-state index is 0.105. The average Bonchev–Trinajstić information content (AvgIpc) is 2.78. The van der Waals surface area contributed by atoms with Crippen LogP contribution in [0.2, 0.25) is 0 Å². The first-order valence-electron chi connectivity index (χ1n) is 9.42. The summed E-state index contributed by atoms with van der Waals surface area (Å²) in [4.78, 5) is 34.5. The minimum atomic E-state index is -0.420. The van der Waals surface area contributed by atoms with E-state index in [1.807, 2.05) is 60.7 Å². The Balaban J connectivity index is 1.69. The second-order valence-electron chi connectivity index (χ2n) is 6.60. The van der Waals surface area contributed by atoms with Gasteiger partial charge in [0.05, 0.1) is 0 Å². The lowest BCUT2D eigenvalue weighted by atomic mass is 10.2. The zero-order valence-electron chi connectivity index (χ0n) is 16.0. The Morgan fingerprint density at radius 1 is 0.767 bits per heavy atom. The molecular formula is C24H19N3O3. The molecule has 2 N–H and O–H groups in total. The normalized spacial score (nSPS) is 12.1. The molecule has 2 aromatic heterocycles. The van der Waals surface area contributed by atoms with Crippen LogP contribution in [0.15, 0.2) is 88.6 Å². The van der Waals surface area contributed by atoms with Crippen molar-refractivity contribution in [3.63, 3.8) is 0 Å². The van der Waals surface area contributed by atoms with Gasteiger partial charge in [-0.3, -0.25) is 14.6 Å². The molecule has 2 aromatic carbocycles. The van der Waals surface area contributed by atoms with E-state index in [1.165, 1.54) is 6.08 Å². The Hall–Kier alpha value is -4.19. The van der Waals surface area contributed by atoms with Crippen molar-refractivity contribution in [1.82, 2.24) is 15.0 Å². The summed E-state index contributed by atoms with van der Waals surface area (Å²) in [6.45, 7) is 0.366. The van der Waals surface area contributed by atoms with E-state index in [9.17, 15) is 9.59 Å². The summed E-state index contributed by atoms with van der Waals surface area (Å²) in [5.74, 6) is 0.515. The third-order valence-corrected chi connectivity index (χ3v) is 4.41. The summed E-state index contributed by atoms with van der Waals surface area (Å²) >= 11 is 0. The molecule has 30 heavy (non-hydrogen) atoms. The van der Waals surface area contributed by atoms with Crippen LogP contribution < -0.4 is 26.6 Å². The van der Waals surface area contributed by atoms with Gasteiger partial charge in [0, 0.05) is 6.20 Å². The molecule has 148 valence electrons. The molecule has 0 aliphatic rings. The lowest BCUT2D eigenvalue weighted by Crippen LogP contribution is -2.46. The maximum Gasteiger partial charge on any atom is 0.272 e. The number of H-pyrrole nitrogens is 2. The predicted molar refractivity (Wildman–Crippen MR) is 116 cm³/mol. The molecule has 6 heteroatoms. The van der Waals surface area contributed by atoms with Crippen LogP contribution in [0.1, 0.15) is 16.8 Å². The molecule has 6 nitrogen and oxygen atoms in total. The van der Waals surface area contributed by atoms with Crippen LogP contribution in [0.3, 0.4) is 0 Å². The summed E-state index contributed by atoms with van der Waals surface area (Å²) in [7, 11) is 0. The summed E-state index contributed by atoms with van der Waals surface area (Å²) < 4.78 is 5.86. The molecular weight excluding hydrogens is 378 g/mol. The molecule has 0 fully saturated rings. The number of nitrogens with one attached hydrogen (secondary N) is 2. The molecule has 4 rings (SSSR count). The zero-order chi connectivity index (χ0) is 20.8. The van der Waals surface area contributed by atoms with E-state index in [-0.39, 0.29) is 10.7 Å². The molecule has 0 saturated carbocycles. The number of hydrogen-bond acceptors (Lipinski definition) is 4. The van der Waals surface area contributed by atoms with Crippen LogP contribution in [0.4, 0.5) is 0 Å². The Bertz CT molecular complexity index is 1380. The van der Waals surface area contributed by atoms with Crippen LogP contribution in [0.5, 0.6) is 5.75 Å². The lowest BCUT2D eigenvalue weighted by Gasteiger charge is -2.08. The van der Waals surface area contributed by atoms with Crippen molar-refractivity contribution in [2.24, 2.45) is 0 Å². The minimum Gasteiger partial charge on any atom is -0.487 e. The van der Waals surface area contributed by atoms with E-state index in [4.69, 9.17) is 4.74 Å². The van der Waals surface area contributed by atoms with Gasteiger partial charge in [-0.05, 0) is 35.4 Å². The van der Waals surface area contributed by atoms with Gasteiger partial charge in [0.1, 0.15) is 28.7 Å². The van der Waals surface area contributed by atoms with Gasteiger partial charge >= 0.3 is 0 Å². The number of rotatable bonds is 5. The predicted octanol–water partition coefficient (Wildman–Crippen LogP) is 1.69. The van der Waals surface area contributed by atoms with Gasteiger partial charge in [-0.1, -0.05) is 60.7 Å². The van der Waals surface area contributed by atoms with Crippen molar-refractivity contribution in [3.8, 4) is 5.75 Å². The van der Waals surface area contributed by atoms with Crippen molar-refractivity contribution < 1.29 is 4.74 Å². The smallest absolute Gasteiger partial charge is 0.272 e. The van der Waals surface area contributed by atoms with Crippen molar-refractivity contribution in [2.75, 3.05) is 0 Å². The number of ether oxygens (including phenoxy) is 1. The van der Waals surface area contributed by atoms with Crippen molar-refractivity contribution in [2.45, 2.75) is 6.61 Å². The third kappa shape index (κ3) is 4.62. The number of benzene rings is 2. The summed E-state index contributed by atoms with van der Waals surface area (Å²) in [5.41, 5.74) is 1.47. The quantitative estimate of drug-likeness (QED) is 0.537. The summed E-state index contributed by atoms with van der Waals surface area (Å²) in [6, 6.07) is 22.6. The number of nitrogens with zero attached hydrogens (tertiary/aromatic N) is 1. The SMILES string of the molecule is O=c1[nH]/c(=C\c2ncccc2OCc2ccccc2)c(=O)[nH]/c1=C\c1ccccc1. The fourth-order valence-electron chi connectivity index (χ4n) is 2.92. The molecule has 0 unspecified atom stereocenters. The van der Waals surface area contributed by atoms with E-state index >= 15 is 0 Å². The molecule has 0 aliphatic carbocycles. The highest BCUT2D eigenvalue weighted by molar-refractivity contribution is 5.52. The largest absolute Gasteiger partial charge is 0.487 e. The highest BCUT2D eigenvalue weighted by Crippen LogP contribution is 2.17. The second kappa shape index (κ2) is 8.87. The first-order chi connectivity index (χ1) is 14.7. The Labute approximate surface area is 171 Å². The van der Waals surface area contributed by atoms with Crippen molar-refractivity contribution >= 4 is 12.2 Å². The van der Waals surface area contributed by atoms with Gasteiger partial charge in [-0.2, -0.15) is 0 Å². The number of aromatic nitrogens is 3. The highest BCUT2D eigenvalue weighted by atomic mass is 16.5. The Kier molecular flexibility index (Phi) is 5.66. The molecule has 0 amide bonds. The monoisotopic (exact) mass is 397 g/mol. The van der Waals surface area contributed by atoms with Gasteiger partial charge in [0.25, 0.3) is 11.1 Å². The van der Waals surface area contributed by atoms with E-state index in [2.05, 4.69) is 15.0 Å². The van der Waals surface area contributed by atoms with Crippen LogP contribution in [-0.2, 0) is 6.61 Å². The van der Waals surface area contributed by atoms with E-state index < -0.39 is 11.1 Å². The fourth-order valence-corrected chi connectivity index (χ4v) is 2.92. The molecule has 0 spiro atoms. The van der Waals surface area contributed by atoms with Crippen LogP contribution in [-0.4, -0.2) is 15.0 Å². The van der Waals surface area contributed by atoms with Gasteiger partial charge in [-0.25, -0.2) is 0 Å². The lowest BCUT2D eigenvalue weighted by molar-refractivity contribution is 0.304. The van der Waals surface area contributed by atoms with Crippen molar-refractivity contribution in [3.05, 3.63) is 127 Å². The molecule has 0 aliphatic heterocycles. The van der Waals surface area contributed by atoms with Gasteiger partial charge < -0.3 is 14.7 Å². The topological polar surface area (TPSA) is 87.8 Å². The third-order valence-electron chi connectivity index (χ3n) is 4.41.